The molecule has 134 valence electrons. The van der Waals surface area contributed by atoms with Gasteiger partial charge < -0.3 is 10.5 Å². The number of rotatable bonds is 4. The molecular weight excluding hydrogens is 347 g/mol. The van der Waals surface area contributed by atoms with Crippen molar-refractivity contribution in [3.63, 3.8) is 0 Å². The van der Waals surface area contributed by atoms with Crippen LogP contribution in [0.4, 0.5) is 10.1 Å². The minimum absolute atomic E-state index is 0.0340. The number of nitrogens with two attached hydrogens (primary N) is 1. The molecule has 1 saturated carbocycles. The van der Waals surface area contributed by atoms with Crippen molar-refractivity contribution in [3.05, 3.63) is 40.6 Å². The fraction of sp³-hybridized carbons (Fsp3) is 0.389. The van der Waals surface area contributed by atoms with E-state index in [1.54, 1.807) is 31.2 Å². The summed E-state index contributed by atoms with van der Waals surface area (Å²) in [5.74, 6) is -1.24. The maximum Gasteiger partial charge on any atom is 0.344 e. The Balaban J connectivity index is 2.48. The first-order valence-corrected chi connectivity index (χ1v) is 8.34. The summed E-state index contributed by atoms with van der Waals surface area (Å²) in [7, 11) is 0. The second kappa shape index (κ2) is 7.78. The van der Waals surface area contributed by atoms with E-state index in [2.05, 4.69) is 4.99 Å². The maximum atomic E-state index is 15.1. The minimum Gasteiger partial charge on any atom is -0.464 e. The van der Waals surface area contributed by atoms with Crippen LogP contribution in [-0.4, -0.2) is 29.7 Å². The average Bonchev–Trinajstić information content (AvgIpc) is 2.54. The van der Waals surface area contributed by atoms with E-state index < -0.39 is 11.6 Å². The first-order chi connectivity index (χ1) is 11.8. The highest BCUT2D eigenvalue weighted by molar-refractivity contribution is 6.30. The van der Waals surface area contributed by atoms with Crippen molar-refractivity contribution in [2.24, 2.45) is 10.7 Å². The molecule has 0 amide bonds. The van der Waals surface area contributed by atoms with Crippen molar-refractivity contribution in [2.45, 2.75) is 38.8 Å². The Morgan fingerprint density at radius 2 is 2.16 bits per heavy atom. The van der Waals surface area contributed by atoms with Gasteiger partial charge in [-0.15, -0.1) is 0 Å². The fourth-order valence-electron chi connectivity index (χ4n) is 2.67. The van der Waals surface area contributed by atoms with Crippen LogP contribution >= 0.6 is 11.6 Å². The van der Waals surface area contributed by atoms with E-state index in [-0.39, 0.29) is 43.1 Å². The molecule has 2 N–H and O–H groups in total. The number of carbonyl (C=O) groups is 2. The SMILES string of the molecule is CCOC(=O)C1(F)CC/C(=C(/N)C(C)=O)C(=Nc2cccc(Cl)c2)C1. The van der Waals surface area contributed by atoms with Crippen molar-refractivity contribution >= 4 is 34.8 Å². The Labute approximate surface area is 150 Å². The van der Waals surface area contributed by atoms with Gasteiger partial charge >= 0.3 is 5.97 Å². The highest BCUT2D eigenvalue weighted by atomic mass is 35.5. The smallest absolute Gasteiger partial charge is 0.344 e. The van der Waals surface area contributed by atoms with E-state index in [0.717, 1.165) is 0 Å². The van der Waals surface area contributed by atoms with Gasteiger partial charge in [0, 0.05) is 23.9 Å². The van der Waals surface area contributed by atoms with Crippen molar-refractivity contribution in [1.82, 2.24) is 0 Å². The van der Waals surface area contributed by atoms with E-state index in [1.165, 1.54) is 6.92 Å². The number of alkyl halides is 1. The second-order valence-corrected chi connectivity index (χ2v) is 6.29. The van der Waals surface area contributed by atoms with Crippen LogP contribution < -0.4 is 5.73 Å². The summed E-state index contributed by atoms with van der Waals surface area (Å²) >= 11 is 5.95. The molecule has 0 heterocycles. The number of carbonyl (C=O) groups excluding carboxylic acids is 2. The van der Waals surface area contributed by atoms with Gasteiger partial charge in [-0.25, -0.2) is 9.18 Å². The van der Waals surface area contributed by atoms with Crippen LogP contribution in [0.1, 0.15) is 33.1 Å². The van der Waals surface area contributed by atoms with Crippen LogP contribution in [0.5, 0.6) is 0 Å². The number of allylic oxidation sites excluding steroid dienone is 2. The van der Waals surface area contributed by atoms with E-state index in [4.69, 9.17) is 22.1 Å². The topological polar surface area (TPSA) is 81.8 Å². The number of benzene rings is 1. The molecule has 1 aliphatic carbocycles. The van der Waals surface area contributed by atoms with Crippen LogP contribution in [-0.2, 0) is 14.3 Å². The molecule has 0 radical (unpaired) electrons. The highest BCUT2D eigenvalue weighted by Gasteiger charge is 2.45. The molecule has 1 fully saturated rings. The largest absolute Gasteiger partial charge is 0.464 e. The standard InChI is InChI=1S/C18H20ClFN2O3/c1-3-25-17(24)18(20)8-7-14(16(21)11(2)23)15(10-18)22-13-6-4-5-12(19)9-13/h4-6,9H,3,7-8,10,21H2,1-2H3/b16-14-,22-15?. The summed E-state index contributed by atoms with van der Waals surface area (Å²) in [6, 6.07) is 6.69. The van der Waals surface area contributed by atoms with E-state index in [1.807, 2.05) is 0 Å². The number of nitrogens with zero attached hydrogens (tertiary/aromatic N) is 1. The molecule has 25 heavy (non-hydrogen) atoms. The minimum atomic E-state index is -2.19. The Kier molecular flexibility index (Phi) is 5.95. The molecule has 2 rings (SSSR count). The normalized spacial score (nSPS) is 24.1. The molecule has 0 bridgehead atoms. The number of hydrogen-bond acceptors (Lipinski definition) is 5. The molecule has 0 aromatic heterocycles. The van der Waals surface area contributed by atoms with E-state index in [9.17, 15) is 9.59 Å². The molecule has 1 atom stereocenters. The van der Waals surface area contributed by atoms with Gasteiger partial charge in [-0.1, -0.05) is 17.7 Å². The van der Waals surface area contributed by atoms with Gasteiger partial charge in [-0.2, -0.15) is 0 Å². The van der Waals surface area contributed by atoms with Gasteiger partial charge in [-0.3, -0.25) is 9.79 Å². The summed E-state index contributed by atoms with van der Waals surface area (Å²) < 4.78 is 19.9. The first kappa shape index (κ1) is 19.1. The lowest BCUT2D eigenvalue weighted by Gasteiger charge is -2.30. The van der Waals surface area contributed by atoms with E-state index in [0.29, 0.717) is 16.3 Å². The number of aliphatic imine (C=N–C) groups is 1. The third-order valence-electron chi connectivity index (χ3n) is 3.99. The van der Waals surface area contributed by atoms with Crippen LogP contribution in [0, 0.1) is 0 Å². The lowest BCUT2D eigenvalue weighted by atomic mass is 9.80. The first-order valence-electron chi connectivity index (χ1n) is 7.96. The Bertz CT molecular complexity index is 760. The van der Waals surface area contributed by atoms with E-state index >= 15 is 4.39 Å². The maximum absolute atomic E-state index is 15.1. The number of halogens is 2. The van der Waals surface area contributed by atoms with Gasteiger partial charge in [0.05, 0.1) is 23.7 Å². The fourth-order valence-corrected chi connectivity index (χ4v) is 2.86. The van der Waals surface area contributed by atoms with Crippen LogP contribution in [0.2, 0.25) is 5.02 Å². The Morgan fingerprint density at radius 3 is 2.76 bits per heavy atom. The Morgan fingerprint density at radius 1 is 1.44 bits per heavy atom. The predicted octanol–water partition coefficient (Wildman–Crippen LogP) is 3.67. The van der Waals surface area contributed by atoms with Crippen LogP contribution in [0.25, 0.3) is 0 Å². The second-order valence-electron chi connectivity index (χ2n) is 5.85. The van der Waals surface area contributed by atoms with Crippen molar-refractivity contribution in [1.29, 1.82) is 0 Å². The number of ether oxygens (including phenoxy) is 1. The van der Waals surface area contributed by atoms with Gasteiger partial charge in [0.1, 0.15) is 0 Å². The molecule has 7 heteroatoms. The quantitative estimate of drug-likeness (QED) is 0.651. The zero-order valence-corrected chi connectivity index (χ0v) is 14.9. The van der Waals surface area contributed by atoms with Gasteiger partial charge in [0.25, 0.3) is 0 Å². The summed E-state index contributed by atoms with van der Waals surface area (Å²) in [5, 5.41) is 0.472. The lowest BCUT2D eigenvalue weighted by Crippen LogP contribution is -2.42. The average molecular weight is 367 g/mol. The molecule has 1 aromatic carbocycles. The zero-order valence-electron chi connectivity index (χ0n) is 14.1. The van der Waals surface area contributed by atoms with Crippen LogP contribution in [0.15, 0.2) is 40.5 Å². The molecule has 0 aliphatic heterocycles. The van der Waals surface area contributed by atoms with Crippen molar-refractivity contribution in [3.8, 4) is 0 Å². The monoisotopic (exact) mass is 366 g/mol. The number of ketones is 1. The third kappa shape index (κ3) is 4.45. The molecule has 1 unspecified atom stereocenters. The summed E-state index contributed by atoms with van der Waals surface area (Å²) in [6.07, 6.45) is -0.286. The molecule has 0 spiro atoms. The number of Topliss-reactive ketones (excluding diaryl/α,β-unsaturated/α-hetero) is 1. The molecule has 1 aromatic rings. The molecular formula is C18H20ClFN2O3. The predicted molar refractivity (Wildman–Crippen MR) is 94.8 cm³/mol. The van der Waals surface area contributed by atoms with Gasteiger partial charge in [0.2, 0.25) is 5.67 Å². The summed E-state index contributed by atoms with van der Waals surface area (Å²) in [6.45, 7) is 3.04. The molecule has 1 aliphatic rings. The highest BCUT2D eigenvalue weighted by Crippen LogP contribution is 2.36. The van der Waals surface area contributed by atoms with Crippen molar-refractivity contribution in [2.75, 3.05) is 6.61 Å². The third-order valence-corrected chi connectivity index (χ3v) is 4.22. The molecule has 5 nitrogen and oxygen atoms in total. The Hall–Kier alpha value is -2.21. The lowest BCUT2D eigenvalue weighted by molar-refractivity contribution is -0.157. The molecule has 0 saturated heterocycles. The number of hydrogen-bond donors (Lipinski definition) is 1. The van der Waals surface area contributed by atoms with Gasteiger partial charge in [0.15, 0.2) is 5.78 Å². The van der Waals surface area contributed by atoms with Crippen LogP contribution in [0.3, 0.4) is 0 Å². The summed E-state index contributed by atoms with van der Waals surface area (Å²) in [4.78, 5) is 28.0. The van der Waals surface area contributed by atoms with Gasteiger partial charge in [-0.05, 0) is 38.0 Å². The summed E-state index contributed by atoms with van der Waals surface area (Å²) in [5.41, 5.74) is 4.93. The number of esters is 1. The van der Waals surface area contributed by atoms with Crippen molar-refractivity contribution < 1.29 is 18.7 Å². The zero-order chi connectivity index (χ0) is 18.6.